The van der Waals surface area contributed by atoms with Gasteiger partial charge in [0.15, 0.2) is 0 Å². The largest absolute Gasteiger partial charge is 0.461 e. The summed E-state index contributed by atoms with van der Waals surface area (Å²) in [4.78, 5) is 26.8. The van der Waals surface area contributed by atoms with E-state index in [1.165, 1.54) is 12.1 Å². The van der Waals surface area contributed by atoms with Crippen LogP contribution in [0.15, 0.2) is 59.0 Å². The highest BCUT2D eigenvalue weighted by molar-refractivity contribution is 5.94. The molecule has 2 aromatic carbocycles. The Balaban J connectivity index is 1.49. The van der Waals surface area contributed by atoms with Crippen molar-refractivity contribution in [2.24, 2.45) is 5.41 Å². The maximum absolute atomic E-state index is 13.5. The number of anilines is 1. The fourth-order valence-electron chi connectivity index (χ4n) is 3.89. The summed E-state index contributed by atoms with van der Waals surface area (Å²) in [6, 6.07) is 15.2. The van der Waals surface area contributed by atoms with Crippen molar-refractivity contribution in [2.45, 2.75) is 40.2 Å². The Bertz CT molecular complexity index is 1160. The molecule has 6 heteroatoms. The molecule has 0 saturated heterocycles. The molecule has 1 aromatic heterocycles. The molecule has 0 fully saturated rings. The Morgan fingerprint density at radius 1 is 1.09 bits per heavy atom. The van der Waals surface area contributed by atoms with Crippen LogP contribution in [0.3, 0.4) is 0 Å². The summed E-state index contributed by atoms with van der Waals surface area (Å²) in [5.41, 5.74) is 2.77. The van der Waals surface area contributed by atoms with Gasteiger partial charge in [-0.1, -0.05) is 39.0 Å². The van der Waals surface area contributed by atoms with Crippen LogP contribution < -0.4 is 5.32 Å². The second-order valence-electron chi connectivity index (χ2n) is 9.41. The first-order valence-corrected chi connectivity index (χ1v) is 10.7. The number of benzene rings is 2. The van der Waals surface area contributed by atoms with Gasteiger partial charge in [0.2, 0.25) is 5.91 Å². The minimum atomic E-state index is -0.423. The molecule has 2 amide bonds. The van der Waals surface area contributed by atoms with E-state index in [4.69, 9.17) is 4.42 Å². The molecule has 1 aliphatic heterocycles. The lowest BCUT2D eigenvalue weighted by atomic mass is 9.92. The second-order valence-corrected chi connectivity index (χ2v) is 9.41. The average Bonchev–Trinajstić information content (AvgIpc) is 3.15. The van der Waals surface area contributed by atoms with E-state index in [1.807, 2.05) is 51.1 Å². The van der Waals surface area contributed by atoms with Gasteiger partial charge in [-0.15, -0.1) is 0 Å². The summed E-state index contributed by atoms with van der Waals surface area (Å²) < 4.78 is 19.6. The maximum atomic E-state index is 13.5. The molecule has 1 aliphatic rings. The lowest BCUT2D eigenvalue weighted by Gasteiger charge is -2.26. The van der Waals surface area contributed by atoms with Crippen LogP contribution in [0.4, 0.5) is 10.1 Å². The number of fused-ring (bicyclic) bond motifs is 1. The highest BCUT2D eigenvalue weighted by Crippen LogP contribution is 2.31. The third kappa shape index (κ3) is 5.07. The first-order valence-electron chi connectivity index (χ1n) is 10.7. The van der Waals surface area contributed by atoms with Gasteiger partial charge in [-0.3, -0.25) is 9.59 Å². The third-order valence-electron chi connectivity index (χ3n) is 5.35. The summed E-state index contributed by atoms with van der Waals surface area (Å²) in [5.74, 6) is 0.905. The number of carbonyl (C=O) groups excluding carboxylic acids is 2. The Morgan fingerprint density at radius 3 is 2.62 bits per heavy atom. The summed E-state index contributed by atoms with van der Waals surface area (Å²) in [6.45, 7) is 7.00. The molecule has 0 aliphatic carbocycles. The van der Waals surface area contributed by atoms with Crippen LogP contribution in [-0.2, 0) is 17.8 Å². The first kappa shape index (κ1) is 21.8. The molecule has 3 aromatic rings. The van der Waals surface area contributed by atoms with E-state index in [0.29, 0.717) is 42.9 Å². The number of nitrogens with zero attached hydrogens (tertiary/aromatic N) is 1. The quantitative estimate of drug-likeness (QED) is 0.576. The Morgan fingerprint density at radius 2 is 1.88 bits per heavy atom. The monoisotopic (exact) mass is 434 g/mol. The number of halogens is 1. The molecule has 0 atom stereocenters. The van der Waals surface area contributed by atoms with Crippen LogP contribution in [-0.4, -0.2) is 23.3 Å². The molecule has 2 heterocycles. The van der Waals surface area contributed by atoms with Crippen molar-refractivity contribution in [1.29, 1.82) is 0 Å². The molecule has 4 rings (SSSR count). The van der Waals surface area contributed by atoms with Crippen molar-refractivity contribution >= 4 is 17.5 Å². The van der Waals surface area contributed by atoms with Gasteiger partial charge in [0.1, 0.15) is 17.3 Å². The smallest absolute Gasteiger partial charge is 0.254 e. The highest BCUT2D eigenvalue weighted by Gasteiger charge is 2.25. The number of carbonyl (C=O) groups is 2. The number of hydrogen-bond acceptors (Lipinski definition) is 3. The van der Waals surface area contributed by atoms with E-state index < -0.39 is 5.82 Å². The molecule has 1 N–H and O–H groups in total. The van der Waals surface area contributed by atoms with E-state index in [0.717, 1.165) is 16.9 Å². The van der Waals surface area contributed by atoms with E-state index in [1.54, 1.807) is 17.0 Å². The standard InChI is InChI=1S/C26H27FN2O3/c1-26(2,3)15-24(30)28-21-9-5-6-17(13-21)23-14-19-16-29(11-10-22(19)32-23)25(31)18-7-4-8-20(27)12-18/h4-9,12-14H,10-11,15-16H2,1-3H3,(H,28,30). The van der Waals surface area contributed by atoms with Crippen LogP contribution in [0.1, 0.15) is 48.9 Å². The first-order chi connectivity index (χ1) is 15.2. The Labute approximate surface area is 187 Å². The number of furan rings is 1. The molecule has 0 saturated carbocycles. The van der Waals surface area contributed by atoms with Crippen molar-refractivity contribution < 1.29 is 18.4 Å². The van der Waals surface area contributed by atoms with Crippen LogP contribution in [0.25, 0.3) is 11.3 Å². The molecule has 5 nitrogen and oxygen atoms in total. The van der Waals surface area contributed by atoms with Crippen LogP contribution >= 0.6 is 0 Å². The molecule has 0 radical (unpaired) electrons. The van der Waals surface area contributed by atoms with Gasteiger partial charge in [0.05, 0.1) is 0 Å². The van der Waals surface area contributed by atoms with Crippen molar-refractivity contribution in [1.82, 2.24) is 4.90 Å². The van der Waals surface area contributed by atoms with Gasteiger partial charge in [-0.25, -0.2) is 4.39 Å². The number of amides is 2. The van der Waals surface area contributed by atoms with Gasteiger partial charge in [-0.05, 0) is 41.8 Å². The van der Waals surface area contributed by atoms with Crippen LogP contribution in [0.2, 0.25) is 0 Å². The van der Waals surface area contributed by atoms with Gasteiger partial charge in [0, 0.05) is 48.3 Å². The van der Waals surface area contributed by atoms with Gasteiger partial charge < -0.3 is 14.6 Å². The van der Waals surface area contributed by atoms with E-state index in [-0.39, 0.29) is 17.2 Å². The molecule has 166 valence electrons. The molecule has 0 bridgehead atoms. The zero-order valence-corrected chi connectivity index (χ0v) is 18.6. The maximum Gasteiger partial charge on any atom is 0.254 e. The van der Waals surface area contributed by atoms with Crippen LogP contribution in [0, 0.1) is 11.2 Å². The summed E-state index contributed by atoms with van der Waals surface area (Å²) in [6.07, 6.45) is 1.03. The lowest BCUT2D eigenvalue weighted by Crippen LogP contribution is -2.35. The zero-order chi connectivity index (χ0) is 22.9. The fourth-order valence-corrected chi connectivity index (χ4v) is 3.89. The van der Waals surface area contributed by atoms with Crippen molar-refractivity contribution in [3.05, 3.63) is 77.3 Å². The van der Waals surface area contributed by atoms with Crippen LogP contribution in [0.5, 0.6) is 0 Å². The lowest BCUT2D eigenvalue weighted by molar-refractivity contribution is -0.117. The number of hydrogen-bond donors (Lipinski definition) is 1. The van der Waals surface area contributed by atoms with Crippen molar-refractivity contribution in [3.8, 4) is 11.3 Å². The van der Waals surface area contributed by atoms with Crippen molar-refractivity contribution in [2.75, 3.05) is 11.9 Å². The Hall–Kier alpha value is -3.41. The third-order valence-corrected chi connectivity index (χ3v) is 5.35. The molecular weight excluding hydrogens is 407 g/mol. The fraction of sp³-hybridized carbons (Fsp3) is 0.308. The van der Waals surface area contributed by atoms with E-state index in [9.17, 15) is 14.0 Å². The van der Waals surface area contributed by atoms with E-state index >= 15 is 0 Å². The number of rotatable bonds is 4. The zero-order valence-electron chi connectivity index (χ0n) is 18.6. The minimum Gasteiger partial charge on any atom is -0.461 e. The van der Waals surface area contributed by atoms with Crippen molar-refractivity contribution in [3.63, 3.8) is 0 Å². The van der Waals surface area contributed by atoms with Gasteiger partial charge in [0.25, 0.3) is 5.91 Å². The normalized spacial score (nSPS) is 13.6. The van der Waals surface area contributed by atoms with Gasteiger partial charge in [-0.2, -0.15) is 0 Å². The molecular formula is C26H27FN2O3. The number of nitrogens with one attached hydrogen (secondary N) is 1. The van der Waals surface area contributed by atoms with E-state index in [2.05, 4.69) is 5.32 Å². The predicted molar refractivity (Wildman–Crippen MR) is 122 cm³/mol. The summed E-state index contributed by atoms with van der Waals surface area (Å²) >= 11 is 0. The Kier molecular flexibility index (Phi) is 5.87. The van der Waals surface area contributed by atoms with Gasteiger partial charge >= 0.3 is 0 Å². The minimum absolute atomic E-state index is 0.0279. The summed E-state index contributed by atoms with van der Waals surface area (Å²) in [7, 11) is 0. The second kappa shape index (κ2) is 8.61. The molecule has 0 unspecified atom stereocenters. The molecule has 0 spiro atoms. The molecule has 32 heavy (non-hydrogen) atoms. The highest BCUT2D eigenvalue weighted by atomic mass is 19.1. The SMILES string of the molecule is CC(C)(C)CC(=O)Nc1cccc(-c2cc3c(o2)CCN(C(=O)c2cccc(F)c2)C3)c1. The topological polar surface area (TPSA) is 62.6 Å². The predicted octanol–water partition coefficient (Wildman–Crippen LogP) is 5.66. The average molecular weight is 435 g/mol. The summed E-state index contributed by atoms with van der Waals surface area (Å²) in [5, 5.41) is 2.95.